The fourth-order valence-electron chi connectivity index (χ4n) is 1.58. The van der Waals surface area contributed by atoms with Crippen LogP contribution in [0.3, 0.4) is 0 Å². The van der Waals surface area contributed by atoms with Crippen molar-refractivity contribution in [3.63, 3.8) is 0 Å². The lowest BCUT2D eigenvalue weighted by atomic mass is 10.1. The first-order chi connectivity index (χ1) is 8.33. The van der Waals surface area contributed by atoms with Crippen LogP contribution in [0.1, 0.15) is 23.7 Å². The molecule has 4 heteroatoms. The maximum atomic E-state index is 11.8. The van der Waals surface area contributed by atoms with Gasteiger partial charge in [-0.1, -0.05) is 25.1 Å². The zero-order valence-corrected chi connectivity index (χ0v) is 9.64. The van der Waals surface area contributed by atoms with Gasteiger partial charge in [-0.3, -0.25) is 5.10 Å². The Labute approximate surface area is 99.3 Å². The molecule has 0 spiro atoms. The summed E-state index contributed by atoms with van der Waals surface area (Å²) in [4.78, 5) is 11.8. The van der Waals surface area contributed by atoms with Gasteiger partial charge in [-0.2, -0.15) is 5.10 Å². The maximum Gasteiger partial charge on any atom is 0.339 e. The molecule has 1 aromatic heterocycles. The van der Waals surface area contributed by atoms with Gasteiger partial charge in [-0.25, -0.2) is 4.79 Å². The summed E-state index contributed by atoms with van der Waals surface area (Å²) in [5.74, 6) is -0.322. The van der Waals surface area contributed by atoms with Gasteiger partial charge in [0, 0.05) is 5.39 Å². The number of aromatic amines is 1. The summed E-state index contributed by atoms with van der Waals surface area (Å²) < 4.78 is 5.14. The van der Waals surface area contributed by atoms with Gasteiger partial charge in [0.2, 0.25) is 0 Å². The van der Waals surface area contributed by atoms with Crippen molar-refractivity contribution in [1.29, 1.82) is 0 Å². The lowest BCUT2D eigenvalue weighted by Gasteiger charge is -2.02. The summed E-state index contributed by atoms with van der Waals surface area (Å²) >= 11 is 0. The Hall–Kier alpha value is -2.10. The fraction of sp³-hybridized carbons (Fsp3) is 0.231. The summed E-state index contributed by atoms with van der Waals surface area (Å²) in [5, 5.41) is 7.52. The summed E-state index contributed by atoms with van der Waals surface area (Å²) in [6.07, 6.45) is 6.38. The minimum absolute atomic E-state index is 0.306. The van der Waals surface area contributed by atoms with Crippen LogP contribution in [0, 0.1) is 0 Å². The molecule has 0 saturated heterocycles. The van der Waals surface area contributed by atoms with Gasteiger partial charge in [0.05, 0.1) is 17.3 Å². The first kappa shape index (κ1) is 11.4. The zero-order valence-electron chi connectivity index (χ0n) is 9.64. The quantitative estimate of drug-likeness (QED) is 0.649. The van der Waals surface area contributed by atoms with Crippen LogP contribution in [0.2, 0.25) is 0 Å². The van der Waals surface area contributed by atoms with Gasteiger partial charge in [0.15, 0.2) is 0 Å². The van der Waals surface area contributed by atoms with Crippen molar-refractivity contribution >= 4 is 16.9 Å². The number of nitrogens with one attached hydrogen (secondary N) is 1. The first-order valence-electron chi connectivity index (χ1n) is 5.57. The molecule has 0 aliphatic heterocycles. The van der Waals surface area contributed by atoms with E-state index >= 15 is 0 Å². The molecular weight excluding hydrogens is 216 g/mol. The van der Waals surface area contributed by atoms with Crippen molar-refractivity contribution < 1.29 is 9.53 Å². The van der Waals surface area contributed by atoms with Crippen molar-refractivity contribution in [3.05, 3.63) is 42.1 Å². The van der Waals surface area contributed by atoms with Crippen LogP contribution in [0.4, 0.5) is 0 Å². The number of hydrogen-bond donors (Lipinski definition) is 1. The number of allylic oxidation sites excluding steroid dienone is 1. The van der Waals surface area contributed by atoms with E-state index in [9.17, 15) is 4.79 Å². The SMILES string of the molecule is CCC=CCOC(=O)c1cccc2[nH]ncc12. The molecule has 0 atom stereocenters. The molecule has 0 saturated carbocycles. The molecule has 0 aliphatic carbocycles. The molecule has 17 heavy (non-hydrogen) atoms. The number of rotatable bonds is 4. The number of hydrogen-bond acceptors (Lipinski definition) is 3. The highest BCUT2D eigenvalue weighted by atomic mass is 16.5. The third kappa shape index (κ3) is 2.53. The molecule has 1 aromatic carbocycles. The zero-order chi connectivity index (χ0) is 12.1. The molecule has 0 aliphatic rings. The molecule has 0 radical (unpaired) electrons. The molecule has 4 nitrogen and oxygen atoms in total. The van der Waals surface area contributed by atoms with Crippen LogP contribution in [0.5, 0.6) is 0 Å². The predicted molar refractivity (Wildman–Crippen MR) is 65.8 cm³/mol. The number of benzene rings is 1. The topological polar surface area (TPSA) is 55.0 Å². The first-order valence-corrected chi connectivity index (χ1v) is 5.57. The van der Waals surface area contributed by atoms with E-state index in [1.54, 1.807) is 18.3 Å². The third-order valence-electron chi connectivity index (χ3n) is 2.42. The highest BCUT2D eigenvalue weighted by Crippen LogP contribution is 2.16. The monoisotopic (exact) mass is 230 g/mol. The molecule has 1 N–H and O–H groups in total. The van der Waals surface area contributed by atoms with Gasteiger partial charge in [0.1, 0.15) is 6.61 Å². The van der Waals surface area contributed by atoms with Crippen LogP contribution in [-0.2, 0) is 4.74 Å². The van der Waals surface area contributed by atoms with Crippen LogP contribution >= 0.6 is 0 Å². The Kier molecular flexibility index (Phi) is 3.55. The van der Waals surface area contributed by atoms with E-state index in [4.69, 9.17) is 4.74 Å². The Morgan fingerprint density at radius 3 is 3.18 bits per heavy atom. The third-order valence-corrected chi connectivity index (χ3v) is 2.42. The van der Waals surface area contributed by atoms with Crippen LogP contribution in [0.25, 0.3) is 10.9 Å². The van der Waals surface area contributed by atoms with E-state index in [-0.39, 0.29) is 5.97 Å². The Morgan fingerprint density at radius 1 is 1.47 bits per heavy atom. The van der Waals surface area contributed by atoms with E-state index in [1.807, 2.05) is 25.1 Å². The average molecular weight is 230 g/mol. The maximum absolute atomic E-state index is 11.8. The predicted octanol–water partition coefficient (Wildman–Crippen LogP) is 2.69. The number of carbonyl (C=O) groups is 1. The Balaban J connectivity index is 2.13. The van der Waals surface area contributed by atoms with Crippen molar-refractivity contribution in [2.75, 3.05) is 6.61 Å². The highest BCUT2D eigenvalue weighted by Gasteiger charge is 2.11. The van der Waals surface area contributed by atoms with Gasteiger partial charge in [-0.05, 0) is 18.6 Å². The van der Waals surface area contributed by atoms with Gasteiger partial charge in [-0.15, -0.1) is 0 Å². The van der Waals surface area contributed by atoms with Gasteiger partial charge >= 0.3 is 5.97 Å². The summed E-state index contributed by atoms with van der Waals surface area (Å²) in [7, 11) is 0. The van der Waals surface area contributed by atoms with Crippen molar-refractivity contribution in [2.45, 2.75) is 13.3 Å². The van der Waals surface area contributed by atoms with Crippen LogP contribution in [0.15, 0.2) is 36.5 Å². The minimum atomic E-state index is -0.322. The number of carbonyl (C=O) groups excluding carboxylic acids is 1. The number of aromatic nitrogens is 2. The van der Waals surface area contributed by atoms with E-state index in [2.05, 4.69) is 10.2 Å². The highest BCUT2D eigenvalue weighted by molar-refractivity contribution is 6.03. The summed E-state index contributed by atoms with van der Waals surface area (Å²) in [6, 6.07) is 5.42. The molecule has 88 valence electrons. The summed E-state index contributed by atoms with van der Waals surface area (Å²) in [5.41, 5.74) is 1.38. The standard InChI is InChI=1S/C13H14N2O2/c1-2-3-4-8-17-13(16)10-6-5-7-12-11(10)9-14-15-12/h3-7,9H,2,8H2,1H3,(H,14,15). The van der Waals surface area contributed by atoms with Crippen molar-refractivity contribution in [3.8, 4) is 0 Å². The van der Waals surface area contributed by atoms with E-state index < -0.39 is 0 Å². The molecule has 0 bridgehead atoms. The second-order valence-electron chi connectivity index (χ2n) is 3.61. The average Bonchev–Trinajstić information content (AvgIpc) is 2.82. The molecule has 0 unspecified atom stereocenters. The largest absolute Gasteiger partial charge is 0.458 e. The lowest BCUT2D eigenvalue weighted by Crippen LogP contribution is -2.05. The fourth-order valence-corrected chi connectivity index (χ4v) is 1.58. The molecule has 0 fully saturated rings. The van der Waals surface area contributed by atoms with Crippen LogP contribution in [-0.4, -0.2) is 22.8 Å². The molecule has 1 heterocycles. The second kappa shape index (κ2) is 5.30. The second-order valence-corrected chi connectivity index (χ2v) is 3.61. The van der Waals surface area contributed by atoms with Crippen molar-refractivity contribution in [2.24, 2.45) is 0 Å². The Morgan fingerprint density at radius 2 is 2.35 bits per heavy atom. The van der Waals surface area contributed by atoms with Crippen LogP contribution < -0.4 is 0 Å². The molecule has 0 amide bonds. The lowest BCUT2D eigenvalue weighted by molar-refractivity contribution is 0.0551. The number of esters is 1. The number of fused-ring (bicyclic) bond motifs is 1. The van der Waals surface area contributed by atoms with E-state index in [0.717, 1.165) is 17.3 Å². The van der Waals surface area contributed by atoms with Gasteiger partial charge < -0.3 is 4.74 Å². The smallest absolute Gasteiger partial charge is 0.339 e. The molecular formula is C13H14N2O2. The van der Waals surface area contributed by atoms with E-state index in [1.165, 1.54) is 0 Å². The van der Waals surface area contributed by atoms with Gasteiger partial charge in [0.25, 0.3) is 0 Å². The summed E-state index contributed by atoms with van der Waals surface area (Å²) in [6.45, 7) is 2.34. The molecule has 2 rings (SSSR count). The number of nitrogens with zero attached hydrogens (tertiary/aromatic N) is 1. The number of H-pyrrole nitrogens is 1. The Bertz CT molecular complexity index is 543. The van der Waals surface area contributed by atoms with Crippen molar-refractivity contribution in [1.82, 2.24) is 10.2 Å². The minimum Gasteiger partial charge on any atom is -0.458 e. The normalized spacial score (nSPS) is 11.1. The molecule has 2 aromatic rings. The number of ether oxygens (including phenoxy) is 1. The van der Waals surface area contributed by atoms with E-state index in [0.29, 0.717) is 12.2 Å².